The minimum absolute atomic E-state index is 0.127. The summed E-state index contributed by atoms with van der Waals surface area (Å²) < 4.78 is 4.15. The average Bonchev–Trinajstić information content (AvgIpc) is 3.62. The van der Waals surface area contributed by atoms with Crippen LogP contribution in [0.5, 0.6) is 0 Å². The van der Waals surface area contributed by atoms with Gasteiger partial charge < -0.3 is 19.4 Å². The molecule has 5 aromatic rings. The number of H-pyrrole nitrogens is 1. The fourth-order valence-corrected chi connectivity index (χ4v) is 4.70. The maximum atomic E-state index is 13.6. The first-order chi connectivity index (χ1) is 17.6. The molecule has 5 rings (SSSR count). The summed E-state index contributed by atoms with van der Waals surface area (Å²) in [6, 6.07) is 22.6. The van der Waals surface area contributed by atoms with Gasteiger partial charge in [0.25, 0.3) is 5.56 Å². The molecule has 0 aliphatic rings. The fourth-order valence-electron chi connectivity index (χ4n) is 4.70. The molecule has 7 nitrogen and oxygen atoms in total. The van der Waals surface area contributed by atoms with E-state index in [4.69, 9.17) is 0 Å². The predicted octanol–water partition coefficient (Wildman–Crippen LogP) is 5.80. The predicted molar refractivity (Wildman–Crippen MR) is 143 cm³/mol. The van der Waals surface area contributed by atoms with Crippen molar-refractivity contribution in [1.29, 1.82) is 0 Å². The number of para-hydroxylation sites is 3. The summed E-state index contributed by atoms with van der Waals surface area (Å²) in [5.41, 5.74) is 2.49. The van der Waals surface area contributed by atoms with E-state index >= 15 is 0 Å². The van der Waals surface area contributed by atoms with Gasteiger partial charge in [0.05, 0.1) is 16.7 Å². The van der Waals surface area contributed by atoms with Crippen molar-refractivity contribution in [2.24, 2.45) is 0 Å². The van der Waals surface area contributed by atoms with Crippen molar-refractivity contribution in [3.8, 4) is 11.3 Å². The summed E-state index contributed by atoms with van der Waals surface area (Å²) in [6.07, 6.45) is 10.5. The molecular weight excluding hydrogens is 450 g/mol. The summed E-state index contributed by atoms with van der Waals surface area (Å²) in [7, 11) is 0. The molecule has 2 atom stereocenters. The van der Waals surface area contributed by atoms with Crippen molar-refractivity contribution in [3.63, 3.8) is 0 Å². The molecule has 2 unspecified atom stereocenters. The normalized spacial score (nSPS) is 12.9. The van der Waals surface area contributed by atoms with E-state index in [1.807, 2.05) is 89.8 Å². The number of aromatic nitrogens is 4. The lowest BCUT2D eigenvalue weighted by Gasteiger charge is -2.23. The van der Waals surface area contributed by atoms with Crippen molar-refractivity contribution in [2.75, 3.05) is 5.32 Å². The molecule has 0 aliphatic carbocycles. The van der Waals surface area contributed by atoms with E-state index in [2.05, 4.69) is 39.2 Å². The van der Waals surface area contributed by atoms with Crippen LogP contribution in [0.25, 0.3) is 22.3 Å². The van der Waals surface area contributed by atoms with Crippen LogP contribution >= 0.6 is 0 Å². The Balaban J connectivity index is 1.42. The van der Waals surface area contributed by atoms with Crippen molar-refractivity contribution in [2.45, 2.75) is 38.3 Å². The molecule has 0 bridgehead atoms. The largest absolute Gasteiger partial charge is 0.351 e. The van der Waals surface area contributed by atoms with Gasteiger partial charge in [-0.25, -0.2) is 4.98 Å². The number of nitrogens with zero attached hydrogens (tertiary/aromatic N) is 3. The third-order valence-electron chi connectivity index (χ3n) is 6.62. The molecule has 0 aliphatic heterocycles. The molecule has 36 heavy (non-hydrogen) atoms. The SMILES string of the molecule is CCC(CCC(C(=O)Nc1ccccc1-c1nc2ccccc2[nH]c1=O)n1cccc1)n1cccc1. The standard InChI is InChI=1S/C29H29N5O2/c1-2-21(33-17-7-8-18-33)15-16-26(34-19-9-10-20-34)28(35)31-23-12-4-3-11-22(23)27-29(36)32-25-14-6-5-13-24(25)30-27/h3-14,17-21,26H,2,15-16H2,1H3,(H,31,35)(H,32,36). The van der Waals surface area contributed by atoms with Gasteiger partial charge in [-0.1, -0.05) is 37.3 Å². The highest BCUT2D eigenvalue weighted by molar-refractivity contribution is 5.97. The molecule has 2 aromatic carbocycles. The second-order valence-electron chi connectivity index (χ2n) is 8.88. The zero-order valence-corrected chi connectivity index (χ0v) is 20.2. The van der Waals surface area contributed by atoms with Crippen molar-refractivity contribution < 1.29 is 4.79 Å². The lowest BCUT2D eigenvalue weighted by Crippen LogP contribution is -2.26. The van der Waals surface area contributed by atoms with E-state index in [0.717, 1.165) is 12.8 Å². The first-order valence-corrected chi connectivity index (χ1v) is 12.3. The Kier molecular flexibility index (Phi) is 6.80. The Morgan fingerprint density at radius 1 is 0.889 bits per heavy atom. The molecule has 0 radical (unpaired) electrons. The molecule has 0 spiro atoms. The number of nitrogens with one attached hydrogen (secondary N) is 2. The van der Waals surface area contributed by atoms with Crippen LogP contribution in [-0.4, -0.2) is 25.0 Å². The molecule has 182 valence electrons. The zero-order valence-electron chi connectivity index (χ0n) is 20.2. The number of hydrogen-bond donors (Lipinski definition) is 2. The number of rotatable bonds is 9. The van der Waals surface area contributed by atoms with Crippen LogP contribution in [0, 0.1) is 0 Å². The van der Waals surface area contributed by atoms with Crippen LogP contribution in [0.3, 0.4) is 0 Å². The van der Waals surface area contributed by atoms with E-state index < -0.39 is 0 Å². The van der Waals surface area contributed by atoms with Crippen molar-refractivity contribution >= 4 is 22.6 Å². The molecule has 7 heteroatoms. The number of benzene rings is 2. The number of hydrogen-bond acceptors (Lipinski definition) is 3. The van der Waals surface area contributed by atoms with E-state index in [1.54, 1.807) is 0 Å². The third kappa shape index (κ3) is 4.86. The van der Waals surface area contributed by atoms with Crippen LogP contribution in [0.15, 0.2) is 102 Å². The maximum absolute atomic E-state index is 13.6. The quantitative estimate of drug-likeness (QED) is 0.280. The monoisotopic (exact) mass is 479 g/mol. The number of amides is 1. The summed E-state index contributed by atoms with van der Waals surface area (Å²) in [5.74, 6) is -0.127. The van der Waals surface area contributed by atoms with Gasteiger partial charge in [0.2, 0.25) is 5.91 Å². The summed E-state index contributed by atoms with van der Waals surface area (Å²) in [6.45, 7) is 2.17. The highest BCUT2D eigenvalue weighted by Gasteiger charge is 2.23. The molecular formula is C29H29N5O2. The minimum atomic E-state index is -0.388. The van der Waals surface area contributed by atoms with Crippen molar-refractivity contribution in [3.05, 3.63) is 108 Å². The lowest BCUT2D eigenvalue weighted by atomic mass is 10.0. The fraction of sp³-hybridized carbons (Fsp3) is 0.207. The second kappa shape index (κ2) is 10.5. The molecule has 0 saturated heterocycles. The Labute approximate surface area is 209 Å². The van der Waals surface area contributed by atoms with Crippen LogP contribution in [0.4, 0.5) is 5.69 Å². The molecule has 0 saturated carbocycles. The molecule has 2 N–H and O–H groups in total. The zero-order chi connectivity index (χ0) is 24.9. The Morgan fingerprint density at radius 2 is 1.56 bits per heavy atom. The van der Waals surface area contributed by atoms with E-state index in [1.165, 1.54) is 0 Å². The first kappa shape index (κ1) is 23.4. The minimum Gasteiger partial charge on any atom is -0.351 e. The molecule has 3 aromatic heterocycles. The Hall–Kier alpha value is -4.39. The summed E-state index contributed by atoms with van der Waals surface area (Å²) in [4.78, 5) is 34.0. The lowest BCUT2D eigenvalue weighted by molar-refractivity contribution is -0.119. The van der Waals surface area contributed by atoms with Crippen LogP contribution in [0.2, 0.25) is 0 Å². The Morgan fingerprint density at radius 3 is 2.31 bits per heavy atom. The van der Waals surface area contributed by atoms with Gasteiger partial charge in [0.1, 0.15) is 11.7 Å². The Bertz CT molecular complexity index is 1500. The van der Waals surface area contributed by atoms with Gasteiger partial charge in [-0.3, -0.25) is 9.59 Å². The molecule has 0 fully saturated rings. The van der Waals surface area contributed by atoms with Gasteiger partial charge in [0.15, 0.2) is 0 Å². The third-order valence-corrected chi connectivity index (χ3v) is 6.62. The summed E-state index contributed by atoms with van der Waals surface area (Å²) >= 11 is 0. The van der Waals surface area contributed by atoms with Gasteiger partial charge in [-0.2, -0.15) is 0 Å². The molecule has 1 amide bonds. The first-order valence-electron chi connectivity index (χ1n) is 12.3. The van der Waals surface area contributed by atoms with Crippen molar-refractivity contribution in [1.82, 2.24) is 19.1 Å². The van der Waals surface area contributed by atoms with Crippen LogP contribution < -0.4 is 10.9 Å². The number of fused-ring (bicyclic) bond motifs is 1. The second-order valence-corrected chi connectivity index (χ2v) is 8.88. The average molecular weight is 480 g/mol. The smallest absolute Gasteiger partial charge is 0.275 e. The van der Waals surface area contributed by atoms with E-state index in [-0.39, 0.29) is 23.2 Å². The number of carbonyl (C=O) groups excluding carboxylic acids is 1. The van der Waals surface area contributed by atoms with E-state index in [0.29, 0.717) is 34.7 Å². The van der Waals surface area contributed by atoms with Crippen LogP contribution in [-0.2, 0) is 4.79 Å². The van der Waals surface area contributed by atoms with Gasteiger partial charge in [-0.15, -0.1) is 0 Å². The highest BCUT2D eigenvalue weighted by atomic mass is 16.2. The van der Waals surface area contributed by atoms with Crippen LogP contribution in [0.1, 0.15) is 38.3 Å². The topological polar surface area (TPSA) is 84.7 Å². The number of anilines is 1. The van der Waals surface area contributed by atoms with Gasteiger partial charge in [0, 0.05) is 36.4 Å². The highest BCUT2D eigenvalue weighted by Crippen LogP contribution is 2.28. The summed E-state index contributed by atoms with van der Waals surface area (Å²) in [5, 5.41) is 3.09. The number of aromatic amines is 1. The molecule has 3 heterocycles. The maximum Gasteiger partial charge on any atom is 0.275 e. The van der Waals surface area contributed by atoms with Gasteiger partial charge in [-0.05, 0) is 61.7 Å². The van der Waals surface area contributed by atoms with Gasteiger partial charge >= 0.3 is 0 Å². The number of carbonyl (C=O) groups is 1. The van der Waals surface area contributed by atoms with E-state index in [9.17, 15) is 9.59 Å².